The normalized spacial score (nSPS) is 15.1. The molecule has 2 aromatic rings. The molecule has 5 heteroatoms. The lowest BCUT2D eigenvalue weighted by Gasteiger charge is -2.20. The molecule has 1 aliphatic heterocycles. The van der Waals surface area contributed by atoms with Crippen LogP contribution in [0.2, 0.25) is 0 Å². The lowest BCUT2D eigenvalue weighted by molar-refractivity contribution is 0.220. The van der Waals surface area contributed by atoms with Crippen LogP contribution >= 0.6 is 0 Å². The molecule has 1 aliphatic rings. The van der Waals surface area contributed by atoms with Gasteiger partial charge in [0.2, 0.25) is 0 Å². The van der Waals surface area contributed by atoms with E-state index in [4.69, 9.17) is 10.5 Å². The van der Waals surface area contributed by atoms with Crippen LogP contribution in [-0.2, 0) is 19.7 Å². The van der Waals surface area contributed by atoms with Gasteiger partial charge in [-0.3, -0.25) is 4.90 Å². The van der Waals surface area contributed by atoms with Crippen LogP contribution in [-0.4, -0.2) is 28.1 Å². The van der Waals surface area contributed by atoms with E-state index in [2.05, 4.69) is 9.88 Å². The second-order valence-corrected chi connectivity index (χ2v) is 5.21. The van der Waals surface area contributed by atoms with Gasteiger partial charge in [0.1, 0.15) is 18.2 Å². The molecule has 21 heavy (non-hydrogen) atoms. The fourth-order valence-corrected chi connectivity index (χ4v) is 2.56. The van der Waals surface area contributed by atoms with Crippen LogP contribution < -0.4 is 10.5 Å². The van der Waals surface area contributed by atoms with E-state index in [9.17, 15) is 5.11 Å². The van der Waals surface area contributed by atoms with Crippen LogP contribution in [0.15, 0.2) is 36.5 Å². The highest BCUT2D eigenvalue weighted by Crippen LogP contribution is 2.25. The van der Waals surface area contributed by atoms with Gasteiger partial charge in [-0.15, -0.1) is 0 Å². The average molecular weight is 285 g/mol. The van der Waals surface area contributed by atoms with Crippen molar-refractivity contribution in [2.45, 2.75) is 19.7 Å². The number of fused-ring (bicyclic) bond motifs is 1. The second kappa shape index (κ2) is 6.11. The predicted octanol–water partition coefficient (Wildman–Crippen LogP) is 1.55. The van der Waals surface area contributed by atoms with Gasteiger partial charge in [-0.05, 0) is 23.8 Å². The Kier molecular flexibility index (Phi) is 4.03. The molecule has 1 aromatic carbocycles. The summed E-state index contributed by atoms with van der Waals surface area (Å²) in [6.07, 6.45) is 1.70. The lowest BCUT2D eigenvalue weighted by Crippen LogP contribution is -2.25. The molecule has 3 rings (SSSR count). The Morgan fingerprint density at radius 1 is 1.33 bits per heavy atom. The van der Waals surface area contributed by atoms with Crippen LogP contribution in [0, 0.1) is 0 Å². The third kappa shape index (κ3) is 3.15. The summed E-state index contributed by atoms with van der Waals surface area (Å²) in [6.45, 7) is 3.04. The lowest BCUT2D eigenvalue weighted by atomic mass is 10.1. The summed E-state index contributed by atoms with van der Waals surface area (Å²) in [6, 6.07) is 9.73. The van der Waals surface area contributed by atoms with Gasteiger partial charge in [-0.2, -0.15) is 0 Å². The van der Waals surface area contributed by atoms with Gasteiger partial charge in [-0.1, -0.05) is 12.1 Å². The Morgan fingerprint density at radius 3 is 3.05 bits per heavy atom. The van der Waals surface area contributed by atoms with Crippen LogP contribution in [0.1, 0.15) is 16.7 Å². The first-order valence-electron chi connectivity index (χ1n) is 7.03. The van der Waals surface area contributed by atoms with Crippen molar-refractivity contribution in [3.63, 3.8) is 0 Å². The number of anilines is 1. The number of rotatable bonds is 3. The standard InChI is InChI=1S/C16H19N3O2/c17-16-13(2-1-5-18-16)9-19-6-7-21-15-4-3-12(11-20)8-14(15)10-19/h1-5,8,20H,6-7,9-11H2,(H2,17,18). The summed E-state index contributed by atoms with van der Waals surface area (Å²) in [7, 11) is 0. The van der Waals surface area contributed by atoms with E-state index in [0.717, 1.165) is 42.1 Å². The fourth-order valence-electron chi connectivity index (χ4n) is 2.56. The van der Waals surface area contributed by atoms with Crippen molar-refractivity contribution in [2.24, 2.45) is 0 Å². The van der Waals surface area contributed by atoms with Crippen molar-refractivity contribution < 1.29 is 9.84 Å². The summed E-state index contributed by atoms with van der Waals surface area (Å²) in [5.74, 6) is 1.47. The molecule has 0 saturated heterocycles. The minimum absolute atomic E-state index is 0.0445. The summed E-state index contributed by atoms with van der Waals surface area (Å²) >= 11 is 0. The Bertz CT molecular complexity index is 631. The zero-order chi connectivity index (χ0) is 14.7. The number of pyridine rings is 1. The van der Waals surface area contributed by atoms with Gasteiger partial charge in [0.15, 0.2) is 0 Å². The second-order valence-electron chi connectivity index (χ2n) is 5.21. The largest absolute Gasteiger partial charge is 0.492 e. The molecule has 0 aliphatic carbocycles. The monoisotopic (exact) mass is 285 g/mol. The summed E-state index contributed by atoms with van der Waals surface area (Å²) in [4.78, 5) is 6.40. The first-order valence-corrected chi connectivity index (χ1v) is 7.03. The molecule has 0 fully saturated rings. The third-order valence-corrected chi connectivity index (χ3v) is 3.69. The van der Waals surface area contributed by atoms with E-state index in [1.165, 1.54) is 0 Å². The Hall–Kier alpha value is -2.11. The number of nitrogens with zero attached hydrogens (tertiary/aromatic N) is 2. The molecule has 5 nitrogen and oxygen atoms in total. The molecule has 0 unspecified atom stereocenters. The van der Waals surface area contributed by atoms with Crippen molar-refractivity contribution in [3.8, 4) is 5.75 Å². The maximum Gasteiger partial charge on any atom is 0.127 e. The van der Waals surface area contributed by atoms with Gasteiger partial charge in [-0.25, -0.2) is 4.98 Å². The van der Waals surface area contributed by atoms with Crippen molar-refractivity contribution in [3.05, 3.63) is 53.2 Å². The summed E-state index contributed by atoms with van der Waals surface area (Å²) < 4.78 is 5.78. The van der Waals surface area contributed by atoms with E-state index in [0.29, 0.717) is 12.4 Å². The zero-order valence-corrected chi connectivity index (χ0v) is 11.8. The Labute approximate surface area is 124 Å². The number of aliphatic hydroxyl groups is 1. The van der Waals surface area contributed by atoms with Crippen LogP contribution in [0.3, 0.4) is 0 Å². The fraction of sp³-hybridized carbons (Fsp3) is 0.312. The van der Waals surface area contributed by atoms with Crippen molar-refractivity contribution in [2.75, 3.05) is 18.9 Å². The quantitative estimate of drug-likeness (QED) is 0.895. The molecule has 0 atom stereocenters. The first-order chi connectivity index (χ1) is 10.3. The molecule has 0 radical (unpaired) electrons. The molecule has 0 amide bonds. The van der Waals surface area contributed by atoms with E-state index < -0.39 is 0 Å². The average Bonchev–Trinajstić information content (AvgIpc) is 2.70. The van der Waals surface area contributed by atoms with Crippen LogP contribution in [0.5, 0.6) is 5.75 Å². The number of hydrogen-bond donors (Lipinski definition) is 2. The SMILES string of the molecule is Nc1ncccc1CN1CCOc2ccc(CO)cc2C1. The Morgan fingerprint density at radius 2 is 2.24 bits per heavy atom. The maximum absolute atomic E-state index is 9.27. The number of ether oxygens (including phenoxy) is 1. The molecule has 0 bridgehead atoms. The van der Waals surface area contributed by atoms with Crippen molar-refractivity contribution >= 4 is 5.82 Å². The van der Waals surface area contributed by atoms with Crippen LogP contribution in [0.25, 0.3) is 0 Å². The number of aliphatic hydroxyl groups excluding tert-OH is 1. The number of benzene rings is 1. The number of nitrogen functional groups attached to an aromatic ring is 1. The highest BCUT2D eigenvalue weighted by atomic mass is 16.5. The summed E-state index contributed by atoms with van der Waals surface area (Å²) in [5, 5.41) is 9.27. The minimum atomic E-state index is 0.0445. The van der Waals surface area contributed by atoms with Crippen molar-refractivity contribution in [1.82, 2.24) is 9.88 Å². The molecular weight excluding hydrogens is 266 g/mol. The summed E-state index contributed by atoms with van der Waals surface area (Å²) in [5.41, 5.74) is 8.94. The topological polar surface area (TPSA) is 71.6 Å². The minimum Gasteiger partial charge on any atom is -0.492 e. The molecule has 0 saturated carbocycles. The predicted molar refractivity (Wildman–Crippen MR) is 80.6 cm³/mol. The van der Waals surface area contributed by atoms with E-state index in [-0.39, 0.29) is 6.61 Å². The molecule has 2 heterocycles. The molecule has 1 aromatic heterocycles. The van der Waals surface area contributed by atoms with Crippen LogP contribution in [0.4, 0.5) is 5.82 Å². The van der Waals surface area contributed by atoms with Crippen molar-refractivity contribution in [1.29, 1.82) is 0 Å². The number of nitrogens with two attached hydrogens (primary N) is 1. The zero-order valence-electron chi connectivity index (χ0n) is 11.8. The van der Waals surface area contributed by atoms with Gasteiger partial charge < -0.3 is 15.6 Å². The highest BCUT2D eigenvalue weighted by molar-refractivity contribution is 5.40. The van der Waals surface area contributed by atoms with Gasteiger partial charge in [0.25, 0.3) is 0 Å². The Balaban J connectivity index is 1.80. The molecule has 110 valence electrons. The number of aromatic nitrogens is 1. The van der Waals surface area contributed by atoms with E-state index in [1.54, 1.807) is 6.20 Å². The smallest absolute Gasteiger partial charge is 0.127 e. The highest BCUT2D eigenvalue weighted by Gasteiger charge is 2.16. The van der Waals surface area contributed by atoms with Gasteiger partial charge in [0.05, 0.1) is 6.61 Å². The molecule has 3 N–H and O–H groups in total. The number of hydrogen-bond acceptors (Lipinski definition) is 5. The van der Waals surface area contributed by atoms with Gasteiger partial charge >= 0.3 is 0 Å². The van der Waals surface area contributed by atoms with E-state index in [1.807, 2.05) is 30.3 Å². The third-order valence-electron chi connectivity index (χ3n) is 3.69. The van der Waals surface area contributed by atoms with E-state index >= 15 is 0 Å². The first kappa shape index (κ1) is 13.9. The molecule has 0 spiro atoms. The molecular formula is C16H19N3O2. The van der Waals surface area contributed by atoms with Gasteiger partial charge in [0, 0.05) is 37.0 Å². The maximum atomic E-state index is 9.27.